The smallest absolute Gasteiger partial charge is 0.254 e. The second-order valence-corrected chi connectivity index (χ2v) is 7.38. The molecule has 0 bridgehead atoms. The van der Waals surface area contributed by atoms with Crippen LogP contribution in [-0.2, 0) is 30.9 Å². The van der Waals surface area contributed by atoms with Gasteiger partial charge in [0.2, 0.25) is 0 Å². The van der Waals surface area contributed by atoms with Crippen LogP contribution in [-0.4, -0.2) is 4.57 Å². The highest BCUT2D eigenvalue weighted by Gasteiger charge is 2.12. The number of rotatable bonds is 8. The molecule has 0 unspecified atom stereocenters. The van der Waals surface area contributed by atoms with Gasteiger partial charge in [-0.25, -0.2) is 0 Å². The topological polar surface area (TPSA) is 31.2 Å². The minimum Gasteiger partial charge on any atom is -0.372 e. The first-order valence-corrected chi connectivity index (χ1v) is 10.2. The van der Waals surface area contributed by atoms with Gasteiger partial charge in [0.1, 0.15) is 0 Å². The first-order chi connectivity index (χ1) is 14.8. The van der Waals surface area contributed by atoms with Crippen molar-refractivity contribution in [3.63, 3.8) is 0 Å². The number of hydrogen-bond acceptors (Lipinski definition) is 2. The van der Waals surface area contributed by atoms with Gasteiger partial charge >= 0.3 is 0 Å². The standard InChI is InChI=1S/C27H25NO2/c29-27-26(18-22-10-4-1-5-11-22)25(21-30-20-24-14-8-3-9-15-24)16-17-28(27)19-23-12-6-2-7-13-23/h1-17H,18-21H2. The van der Waals surface area contributed by atoms with Gasteiger partial charge in [0.05, 0.1) is 19.8 Å². The molecule has 3 nitrogen and oxygen atoms in total. The fourth-order valence-corrected chi connectivity index (χ4v) is 3.54. The summed E-state index contributed by atoms with van der Waals surface area (Å²) in [5, 5.41) is 0. The van der Waals surface area contributed by atoms with Gasteiger partial charge in [-0.1, -0.05) is 91.0 Å². The number of nitrogens with zero attached hydrogens (tertiary/aromatic N) is 1. The van der Waals surface area contributed by atoms with Crippen LogP contribution in [0.2, 0.25) is 0 Å². The molecule has 4 aromatic rings. The van der Waals surface area contributed by atoms with Crippen molar-refractivity contribution in [2.45, 2.75) is 26.2 Å². The predicted octanol–water partition coefficient (Wildman–Crippen LogP) is 5.20. The molecule has 1 aromatic heterocycles. The monoisotopic (exact) mass is 395 g/mol. The molecule has 4 rings (SSSR count). The van der Waals surface area contributed by atoms with Crippen molar-refractivity contribution in [3.05, 3.63) is 141 Å². The van der Waals surface area contributed by atoms with Crippen LogP contribution in [0.1, 0.15) is 27.8 Å². The molecule has 3 aromatic carbocycles. The SMILES string of the molecule is O=c1c(Cc2ccccc2)c(COCc2ccccc2)ccn1Cc1ccccc1. The van der Waals surface area contributed by atoms with E-state index < -0.39 is 0 Å². The number of aromatic nitrogens is 1. The maximum Gasteiger partial charge on any atom is 0.254 e. The molecule has 0 atom stereocenters. The zero-order chi connectivity index (χ0) is 20.6. The molecule has 0 amide bonds. The summed E-state index contributed by atoms with van der Waals surface area (Å²) in [6.07, 6.45) is 2.48. The molecule has 0 saturated heterocycles. The third-order valence-corrected chi connectivity index (χ3v) is 5.15. The van der Waals surface area contributed by atoms with Crippen LogP contribution in [0.25, 0.3) is 0 Å². The predicted molar refractivity (Wildman–Crippen MR) is 120 cm³/mol. The Morgan fingerprint density at radius 1 is 0.633 bits per heavy atom. The van der Waals surface area contributed by atoms with Gasteiger partial charge < -0.3 is 9.30 Å². The molecule has 1 heterocycles. The van der Waals surface area contributed by atoms with E-state index in [1.54, 1.807) is 4.57 Å². The second kappa shape index (κ2) is 9.86. The Morgan fingerprint density at radius 3 is 1.83 bits per heavy atom. The van der Waals surface area contributed by atoms with Crippen molar-refractivity contribution in [1.82, 2.24) is 4.57 Å². The van der Waals surface area contributed by atoms with E-state index in [4.69, 9.17) is 4.74 Å². The van der Waals surface area contributed by atoms with Crippen molar-refractivity contribution in [2.75, 3.05) is 0 Å². The van der Waals surface area contributed by atoms with Crippen molar-refractivity contribution in [1.29, 1.82) is 0 Å². The van der Waals surface area contributed by atoms with Crippen molar-refractivity contribution in [2.24, 2.45) is 0 Å². The van der Waals surface area contributed by atoms with Crippen molar-refractivity contribution >= 4 is 0 Å². The van der Waals surface area contributed by atoms with E-state index in [9.17, 15) is 4.79 Å². The highest BCUT2D eigenvalue weighted by atomic mass is 16.5. The van der Waals surface area contributed by atoms with E-state index in [2.05, 4.69) is 12.1 Å². The molecular formula is C27H25NO2. The summed E-state index contributed by atoms with van der Waals surface area (Å²) in [4.78, 5) is 13.3. The van der Waals surface area contributed by atoms with Crippen LogP contribution in [0.4, 0.5) is 0 Å². The molecule has 3 heteroatoms. The molecule has 0 radical (unpaired) electrons. The van der Waals surface area contributed by atoms with Gasteiger partial charge in [0.15, 0.2) is 0 Å². The van der Waals surface area contributed by atoms with Crippen molar-refractivity contribution < 1.29 is 4.74 Å². The van der Waals surface area contributed by atoms with E-state index in [0.29, 0.717) is 26.2 Å². The Morgan fingerprint density at radius 2 is 1.20 bits per heavy atom. The largest absolute Gasteiger partial charge is 0.372 e. The summed E-state index contributed by atoms with van der Waals surface area (Å²) < 4.78 is 7.74. The fourth-order valence-electron chi connectivity index (χ4n) is 3.54. The average molecular weight is 396 g/mol. The highest BCUT2D eigenvalue weighted by Crippen LogP contribution is 2.14. The van der Waals surface area contributed by atoms with E-state index >= 15 is 0 Å². The Hall–Kier alpha value is -3.43. The molecule has 0 fully saturated rings. The Kier molecular flexibility index (Phi) is 6.53. The number of pyridine rings is 1. The van der Waals surface area contributed by atoms with Crippen molar-refractivity contribution in [3.8, 4) is 0 Å². The quantitative estimate of drug-likeness (QED) is 0.410. The van der Waals surface area contributed by atoms with E-state index in [1.165, 1.54) is 0 Å². The van der Waals surface area contributed by atoms with Gasteiger partial charge in [0.25, 0.3) is 5.56 Å². The van der Waals surface area contributed by atoms with E-state index in [1.807, 2.05) is 91.1 Å². The molecule has 0 aliphatic rings. The number of ether oxygens (including phenoxy) is 1. The molecule has 0 aliphatic carbocycles. The summed E-state index contributed by atoms with van der Waals surface area (Å²) in [5.41, 5.74) is 5.15. The normalized spacial score (nSPS) is 10.8. The minimum atomic E-state index is 0.0449. The molecule has 150 valence electrons. The molecule has 0 aliphatic heterocycles. The van der Waals surface area contributed by atoms with Crippen LogP contribution in [0.3, 0.4) is 0 Å². The van der Waals surface area contributed by atoms with E-state index in [-0.39, 0.29) is 5.56 Å². The molecule has 0 saturated carbocycles. The average Bonchev–Trinajstić information content (AvgIpc) is 2.80. The second-order valence-electron chi connectivity index (χ2n) is 7.38. The number of benzene rings is 3. The first kappa shape index (κ1) is 19.9. The molecule has 0 spiro atoms. The summed E-state index contributed by atoms with van der Waals surface area (Å²) in [6.45, 7) is 1.50. The van der Waals surface area contributed by atoms with Crippen LogP contribution >= 0.6 is 0 Å². The molecule has 30 heavy (non-hydrogen) atoms. The van der Waals surface area contributed by atoms with Gasteiger partial charge in [0, 0.05) is 18.2 Å². The molecule has 0 N–H and O–H groups in total. The Labute approximate surface area is 177 Å². The minimum absolute atomic E-state index is 0.0449. The highest BCUT2D eigenvalue weighted by molar-refractivity contribution is 5.31. The Bertz CT molecular complexity index is 1120. The van der Waals surface area contributed by atoms with Crippen LogP contribution in [0.15, 0.2) is 108 Å². The van der Waals surface area contributed by atoms with Gasteiger partial charge in [-0.3, -0.25) is 4.79 Å². The first-order valence-electron chi connectivity index (χ1n) is 10.2. The Balaban J connectivity index is 1.59. The summed E-state index contributed by atoms with van der Waals surface area (Å²) in [5.74, 6) is 0. The van der Waals surface area contributed by atoms with Crippen LogP contribution in [0.5, 0.6) is 0 Å². The van der Waals surface area contributed by atoms with Gasteiger partial charge in [-0.2, -0.15) is 0 Å². The van der Waals surface area contributed by atoms with E-state index in [0.717, 1.165) is 27.8 Å². The van der Waals surface area contributed by atoms with Crippen LogP contribution < -0.4 is 5.56 Å². The third kappa shape index (κ3) is 5.13. The van der Waals surface area contributed by atoms with Gasteiger partial charge in [-0.15, -0.1) is 0 Å². The molecular weight excluding hydrogens is 370 g/mol. The zero-order valence-corrected chi connectivity index (χ0v) is 16.9. The van der Waals surface area contributed by atoms with Crippen LogP contribution in [0, 0.1) is 0 Å². The third-order valence-electron chi connectivity index (χ3n) is 5.15. The summed E-state index contributed by atoms with van der Waals surface area (Å²) in [7, 11) is 0. The maximum absolute atomic E-state index is 13.3. The lowest BCUT2D eigenvalue weighted by atomic mass is 10.0. The zero-order valence-electron chi connectivity index (χ0n) is 16.9. The lowest BCUT2D eigenvalue weighted by molar-refractivity contribution is 0.106. The summed E-state index contributed by atoms with van der Waals surface area (Å²) in [6, 6.07) is 32.3. The maximum atomic E-state index is 13.3. The number of hydrogen-bond donors (Lipinski definition) is 0. The summed E-state index contributed by atoms with van der Waals surface area (Å²) >= 11 is 0. The fraction of sp³-hybridized carbons (Fsp3) is 0.148. The lowest BCUT2D eigenvalue weighted by Gasteiger charge is -2.14. The van der Waals surface area contributed by atoms with Gasteiger partial charge in [-0.05, 0) is 28.3 Å². The lowest BCUT2D eigenvalue weighted by Crippen LogP contribution is -2.26.